The minimum Gasteiger partial charge on any atom is -0.267 e. The first-order valence-electron chi connectivity index (χ1n) is 12.0. The van der Waals surface area contributed by atoms with Crippen LogP contribution in [-0.4, -0.2) is 84.9 Å². The molecule has 1 aromatic heterocycles. The lowest BCUT2D eigenvalue weighted by molar-refractivity contribution is -0.109. The molecule has 2 N–H and O–H groups in total. The van der Waals surface area contributed by atoms with E-state index < -0.39 is 23.6 Å². The maximum absolute atomic E-state index is 13.0. The first-order valence-corrected chi connectivity index (χ1v) is 12.0. The van der Waals surface area contributed by atoms with E-state index in [1.165, 1.54) is 20.5 Å². The van der Waals surface area contributed by atoms with Crippen molar-refractivity contribution in [2.75, 3.05) is 14.1 Å². The van der Waals surface area contributed by atoms with Gasteiger partial charge in [-0.3, -0.25) is 34.2 Å². The lowest BCUT2D eigenvalue weighted by atomic mass is 10.1. The fourth-order valence-electron chi connectivity index (χ4n) is 4.86. The van der Waals surface area contributed by atoms with Crippen molar-refractivity contribution in [3.63, 3.8) is 0 Å². The van der Waals surface area contributed by atoms with E-state index in [-0.39, 0.29) is 0 Å². The second-order valence-corrected chi connectivity index (χ2v) is 9.06. The number of carbonyl (C=O) groups excluding carboxylic acids is 4. The van der Waals surface area contributed by atoms with Crippen molar-refractivity contribution in [2.45, 2.75) is 0 Å². The van der Waals surface area contributed by atoms with Crippen LogP contribution in [0.5, 0.6) is 0 Å². The molecular weight excluding hydrogens is 518 g/mol. The van der Waals surface area contributed by atoms with Crippen LogP contribution in [0, 0.1) is 0 Å². The lowest BCUT2D eigenvalue weighted by Gasteiger charge is -2.31. The molecule has 3 aromatic rings. The Morgan fingerprint density at radius 2 is 1.02 bits per heavy atom. The highest BCUT2D eigenvalue weighted by Gasteiger charge is 2.45. The number of rotatable bonds is 4. The average Bonchev–Trinajstić information content (AvgIpc) is 3.68. The highest BCUT2D eigenvalue weighted by molar-refractivity contribution is 6.22. The van der Waals surface area contributed by atoms with Gasteiger partial charge in [-0.05, 0) is 46.9 Å². The molecule has 0 radical (unpaired) electrons. The standard InChI is InChI=1S/C25H19N11O4/c1-31-20(27-29-35(31)33-22(37)15-7-3-4-8-16(15)23(33)38)14-11-12-26-19(13-14)21-28-30-36(32(21)2)34-24(39)17-9-5-6-10-18(17)25(34)40/h3-13,29-30H,1-2H3. The van der Waals surface area contributed by atoms with Gasteiger partial charge in [0.25, 0.3) is 23.6 Å². The Balaban J connectivity index is 1.11. The van der Waals surface area contributed by atoms with Crippen molar-refractivity contribution in [2.24, 2.45) is 10.2 Å². The Morgan fingerprint density at radius 3 is 1.50 bits per heavy atom. The van der Waals surface area contributed by atoms with Gasteiger partial charge in [0.1, 0.15) is 5.69 Å². The Hall–Kier alpha value is -5.67. The van der Waals surface area contributed by atoms with Crippen LogP contribution >= 0.6 is 0 Å². The maximum Gasteiger partial charge on any atom is 0.279 e. The quantitative estimate of drug-likeness (QED) is 0.438. The van der Waals surface area contributed by atoms with E-state index >= 15 is 0 Å². The van der Waals surface area contributed by atoms with Crippen molar-refractivity contribution in [1.29, 1.82) is 0 Å². The summed E-state index contributed by atoms with van der Waals surface area (Å²) in [5.74, 6) is -1.21. The van der Waals surface area contributed by atoms with E-state index in [1.54, 1.807) is 81.0 Å². The van der Waals surface area contributed by atoms with Crippen molar-refractivity contribution in [1.82, 2.24) is 46.5 Å². The molecule has 4 aliphatic heterocycles. The van der Waals surface area contributed by atoms with E-state index in [4.69, 9.17) is 0 Å². The third-order valence-electron chi connectivity index (χ3n) is 6.84. The van der Waals surface area contributed by atoms with E-state index in [0.29, 0.717) is 45.2 Å². The number of imide groups is 2. The van der Waals surface area contributed by atoms with Gasteiger partial charge in [-0.2, -0.15) is 10.0 Å². The molecule has 0 unspecified atom stereocenters. The smallest absolute Gasteiger partial charge is 0.267 e. The predicted molar refractivity (Wildman–Crippen MR) is 137 cm³/mol. The molecule has 0 spiro atoms. The monoisotopic (exact) mass is 537 g/mol. The number of nitrogens with one attached hydrogen (secondary N) is 2. The summed E-state index contributed by atoms with van der Waals surface area (Å²) < 4.78 is 0. The number of amides is 4. The minimum absolute atomic E-state index is 0.300. The van der Waals surface area contributed by atoms with E-state index in [0.717, 1.165) is 10.0 Å². The number of aromatic nitrogens is 1. The molecular formula is C25H19N11O4. The number of hydrazine groups is 6. The fourth-order valence-corrected chi connectivity index (χ4v) is 4.86. The molecule has 0 fully saturated rings. The van der Waals surface area contributed by atoms with Gasteiger partial charge < -0.3 is 0 Å². The van der Waals surface area contributed by atoms with Gasteiger partial charge in [0.15, 0.2) is 11.7 Å². The fraction of sp³-hybridized carbons (Fsp3) is 0.0800. The van der Waals surface area contributed by atoms with Crippen LogP contribution in [-0.2, 0) is 0 Å². The number of pyridine rings is 1. The summed E-state index contributed by atoms with van der Waals surface area (Å²) in [6.45, 7) is 0. The van der Waals surface area contributed by atoms with Crippen LogP contribution in [0.3, 0.4) is 0 Å². The summed E-state index contributed by atoms with van der Waals surface area (Å²) >= 11 is 0. The number of amidine groups is 2. The van der Waals surface area contributed by atoms with E-state index in [1.807, 2.05) is 0 Å². The van der Waals surface area contributed by atoms with E-state index in [9.17, 15) is 19.2 Å². The molecule has 198 valence electrons. The van der Waals surface area contributed by atoms with Gasteiger partial charge in [-0.25, -0.2) is 11.1 Å². The second kappa shape index (κ2) is 8.42. The summed E-state index contributed by atoms with van der Waals surface area (Å²) in [6, 6.07) is 16.6. The molecule has 0 aliphatic carbocycles. The van der Waals surface area contributed by atoms with Gasteiger partial charge in [-0.15, -0.1) is 10.2 Å². The molecule has 0 saturated heterocycles. The summed E-state index contributed by atoms with van der Waals surface area (Å²) in [5, 5.41) is 16.0. The molecule has 0 atom stereocenters. The summed E-state index contributed by atoms with van der Waals surface area (Å²) in [4.78, 5) is 56.2. The Kier molecular flexibility index (Phi) is 4.93. The topological polar surface area (TPSA) is 149 Å². The van der Waals surface area contributed by atoms with E-state index in [2.05, 4.69) is 26.3 Å². The third kappa shape index (κ3) is 3.15. The second-order valence-electron chi connectivity index (χ2n) is 9.06. The molecule has 5 heterocycles. The number of hydrogen-bond donors (Lipinski definition) is 2. The first-order chi connectivity index (χ1) is 19.4. The van der Waals surface area contributed by atoms with Crippen molar-refractivity contribution in [3.05, 3.63) is 100 Å². The Labute approximate surface area is 226 Å². The van der Waals surface area contributed by atoms with Crippen LogP contribution in [0.2, 0.25) is 0 Å². The zero-order valence-corrected chi connectivity index (χ0v) is 21.0. The summed E-state index contributed by atoms with van der Waals surface area (Å²) in [7, 11) is 3.27. The number of carbonyl (C=O) groups is 4. The molecule has 7 rings (SSSR count). The number of hydrazone groups is 2. The number of hydrogen-bond acceptors (Lipinski definition) is 13. The molecule has 0 bridgehead atoms. The molecule has 4 aliphatic rings. The zero-order valence-electron chi connectivity index (χ0n) is 21.0. The lowest BCUT2D eigenvalue weighted by Crippen LogP contribution is -2.56. The van der Waals surface area contributed by atoms with Crippen molar-refractivity contribution >= 4 is 35.3 Å². The Bertz CT molecular complexity index is 1530. The largest absolute Gasteiger partial charge is 0.279 e. The maximum atomic E-state index is 13.0. The molecule has 15 nitrogen and oxygen atoms in total. The molecule has 4 amide bonds. The van der Waals surface area contributed by atoms with Gasteiger partial charge in [0.05, 0.1) is 22.3 Å². The first kappa shape index (κ1) is 23.4. The predicted octanol–water partition coefficient (Wildman–Crippen LogP) is 0.161. The van der Waals surface area contributed by atoms with Crippen LogP contribution in [0.15, 0.2) is 77.1 Å². The highest BCUT2D eigenvalue weighted by atomic mass is 16.2. The van der Waals surface area contributed by atoms with Crippen molar-refractivity contribution in [3.8, 4) is 0 Å². The minimum atomic E-state index is -0.487. The van der Waals surface area contributed by atoms with Crippen LogP contribution in [0.4, 0.5) is 0 Å². The Morgan fingerprint density at radius 1 is 0.600 bits per heavy atom. The zero-order chi connectivity index (χ0) is 27.7. The summed E-state index contributed by atoms with van der Waals surface area (Å²) in [6.07, 6.45) is 1.55. The molecule has 40 heavy (non-hydrogen) atoms. The normalized spacial score (nSPS) is 18.8. The number of fused-ring (bicyclic) bond motifs is 2. The summed E-state index contributed by atoms with van der Waals surface area (Å²) in [5.41, 5.74) is 7.63. The average molecular weight is 538 g/mol. The molecule has 2 aromatic carbocycles. The van der Waals surface area contributed by atoms with Gasteiger partial charge in [0.2, 0.25) is 0 Å². The van der Waals surface area contributed by atoms with Gasteiger partial charge in [-0.1, -0.05) is 24.3 Å². The SMILES string of the molecule is CN1C(c2ccnc(C3=NNN(N4C(=O)c5ccccc5C4=O)N3C)c2)=NNN1N1C(=O)c2ccccc2C1=O. The van der Waals surface area contributed by atoms with Crippen molar-refractivity contribution < 1.29 is 19.2 Å². The molecule has 0 saturated carbocycles. The van der Waals surface area contributed by atoms with Crippen LogP contribution < -0.4 is 11.1 Å². The highest BCUT2D eigenvalue weighted by Crippen LogP contribution is 2.27. The number of benzene rings is 2. The van der Waals surface area contributed by atoms with Gasteiger partial charge >= 0.3 is 0 Å². The van der Waals surface area contributed by atoms with Gasteiger partial charge in [0, 0.05) is 25.9 Å². The third-order valence-corrected chi connectivity index (χ3v) is 6.84. The molecule has 15 heteroatoms. The van der Waals surface area contributed by atoms with Crippen LogP contribution in [0.25, 0.3) is 0 Å². The number of nitrogens with zero attached hydrogens (tertiary/aromatic N) is 9. The van der Waals surface area contributed by atoms with Crippen LogP contribution in [0.1, 0.15) is 52.7 Å².